The van der Waals surface area contributed by atoms with Gasteiger partial charge in [-0.25, -0.2) is 9.78 Å². The van der Waals surface area contributed by atoms with E-state index in [-0.39, 0.29) is 22.8 Å². The van der Waals surface area contributed by atoms with E-state index in [0.717, 1.165) is 4.47 Å². The van der Waals surface area contributed by atoms with Gasteiger partial charge < -0.3 is 14.6 Å². The molecule has 6 nitrogen and oxygen atoms in total. The van der Waals surface area contributed by atoms with Crippen LogP contribution in [0, 0.1) is 0 Å². The monoisotopic (exact) mass is 464 g/mol. The smallest absolute Gasteiger partial charge is 0.337 e. The zero-order valence-electron chi connectivity index (χ0n) is 12.5. The first-order valence-electron chi connectivity index (χ1n) is 6.96. The molecule has 0 saturated carbocycles. The molecule has 0 fully saturated rings. The number of hydrogen-bond donors (Lipinski definition) is 2. The lowest BCUT2D eigenvalue weighted by Crippen LogP contribution is -1.96. The largest absolute Gasteiger partial charge is 0.479 e. The molecule has 3 rings (SSSR count). The number of rotatable bonds is 4. The number of halogens is 2. The number of carboxylic acid groups (broad SMARTS) is 1. The third kappa shape index (κ3) is 3.97. The summed E-state index contributed by atoms with van der Waals surface area (Å²) in [7, 11) is 0. The van der Waals surface area contributed by atoms with E-state index in [1.54, 1.807) is 24.3 Å². The van der Waals surface area contributed by atoms with Gasteiger partial charge in [0.05, 0.1) is 17.5 Å². The molecule has 1 heterocycles. The number of aromatic hydroxyl groups is 1. The molecule has 0 atom stereocenters. The Balaban J connectivity index is 1.93. The molecule has 2 aromatic carbocycles. The Bertz CT molecular complexity index is 965. The van der Waals surface area contributed by atoms with Crippen molar-refractivity contribution >= 4 is 49.7 Å². The molecule has 3 aromatic rings. The molecule has 25 heavy (non-hydrogen) atoms. The fraction of sp³-hybridized carbons (Fsp3) is 0. The summed E-state index contributed by atoms with van der Waals surface area (Å²) in [6.45, 7) is 0. The Morgan fingerprint density at radius 2 is 1.80 bits per heavy atom. The summed E-state index contributed by atoms with van der Waals surface area (Å²) >= 11 is 6.56. The second kappa shape index (κ2) is 7.20. The number of aromatic nitrogens is 1. The maximum absolute atomic E-state index is 11.3. The molecule has 0 aliphatic carbocycles. The predicted molar refractivity (Wildman–Crippen MR) is 99.7 cm³/mol. The molecule has 0 amide bonds. The van der Waals surface area contributed by atoms with Crippen LogP contribution in [0.2, 0.25) is 0 Å². The standard InChI is InChI=1S/C17H10Br2N2O4/c18-10-3-1-9(2-4-10)15-21-14(17(24)25-15)8-20-13-6-5-11(19)7-12(13)16(22)23/h1-8,24H,(H,22,23). The van der Waals surface area contributed by atoms with Crippen LogP contribution in [0.25, 0.3) is 11.5 Å². The van der Waals surface area contributed by atoms with Crippen molar-refractivity contribution in [2.45, 2.75) is 0 Å². The van der Waals surface area contributed by atoms with Crippen LogP contribution in [0.15, 0.2) is 60.8 Å². The number of aliphatic imine (C=N–C) groups is 1. The minimum Gasteiger partial charge on any atom is -0.479 e. The van der Waals surface area contributed by atoms with Crippen LogP contribution in [-0.4, -0.2) is 27.4 Å². The van der Waals surface area contributed by atoms with Gasteiger partial charge in [-0.3, -0.25) is 4.99 Å². The molecule has 126 valence electrons. The average molecular weight is 466 g/mol. The molecule has 0 saturated heterocycles. The van der Waals surface area contributed by atoms with Crippen molar-refractivity contribution in [2.24, 2.45) is 4.99 Å². The molecule has 0 aliphatic rings. The number of aromatic carboxylic acids is 1. The number of nitrogens with zero attached hydrogens (tertiary/aromatic N) is 2. The summed E-state index contributed by atoms with van der Waals surface area (Å²) in [5.41, 5.74) is 1.07. The van der Waals surface area contributed by atoms with Gasteiger partial charge in [-0.15, -0.1) is 0 Å². The summed E-state index contributed by atoms with van der Waals surface area (Å²) in [5.74, 6) is -1.26. The van der Waals surface area contributed by atoms with E-state index >= 15 is 0 Å². The van der Waals surface area contributed by atoms with Gasteiger partial charge in [0.25, 0.3) is 0 Å². The second-order valence-corrected chi connectivity index (χ2v) is 6.77. The highest BCUT2D eigenvalue weighted by atomic mass is 79.9. The number of benzene rings is 2. The molecule has 8 heteroatoms. The SMILES string of the molecule is O=C(O)c1cc(Br)ccc1N=Cc1nc(-c2ccc(Br)cc2)oc1O. The normalized spacial score (nSPS) is 11.1. The number of carboxylic acids is 1. The Kier molecular flexibility index (Phi) is 5.00. The molecular formula is C17H10Br2N2O4. The lowest BCUT2D eigenvalue weighted by Gasteiger charge is -2.00. The summed E-state index contributed by atoms with van der Waals surface area (Å²) in [5, 5.41) is 19.1. The van der Waals surface area contributed by atoms with Gasteiger partial charge in [0.15, 0.2) is 5.69 Å². The van der Waals surface area contributed by atoms with Gasteiger partial charge in [-0.1, -0.05) is 31.9 Å². The molecule has 0 bridgehead atoms. The summed E-state index contributed by atoms with van der Waals surface area (Å²) in [4.78, 5) is 19.6. The van der Waals surface area contributed by atoms with E-state index in [0.29, 0.717) is 10.0 Å². The maximum Gasteiger partial charge on any atom is 0.337 e. The minimum absolute atomic E-state index is 0.0294. The van der Waals surface area contributed by atoms with Crippen molar-refractivity contribution in [3.63, 3.8) is 0 Å². The first kappa shape index (κ1) is 17.4. The molecule has 2 N–H and O–H groups in total. The van der Waals surface area contributed by atoms with E-state index < -0.39 is 11.9 Å². The molecule has 0 aliphatic heterocycles. The highest BCUT2D eigenvalue weighted by molar-refractivity contribution is 9.10. The van der Waals surface area contributed by atoms with E-state index in [1.807, 2.05) is 12.1 Å². The van der Waals surface area contributed by atoms with Crippen LogP contribution >= 0.6 is 31.9 Å². The topological polar surface area (TPSA) is 95.9 Å². The van der Waals surface area contributed by atoms with Crippen molar-refractivity contribution in [3.8, 4) is 17.4 Å². The van der Waals surface area contributed by atoms with Gasteiger partial charge in [0, 0.05) is 14.5 Å². The first-order valence-corrected chi connectivity index (χ1v) is 8.55. The van der Waals surface area contributed by atoms with Crippen LogP contribution in [0.3, 0.4) is 0 Å². The van der Waals surface area contributed by atoms with Crippen LogP contribution in [0.5, 0.6) is 5.95 Å². The Hall–Kier alpha value is -2.45. The average Bonchev–Trinajstić information content (AvgIpc) is 2.95. The highest BCUT2D eigenvalue weighted by Gasteiger charge is 2.14. The molecule has 0 spiro atoms. The minimum atomic E-state index is -1.10. The second-order valence-electron chi connectivity index (χ2n) is 4.94. The maximum atomic E-state index is 11.3. The fourth-order valence-corrected chi connectivity index (χ4v) is 2.67. The summed E-state index contributed by atoms with van der Waals surface area (Å²) in [6.07, 6.45) is 1.26. The molecule has 0 radical (unpaired) electrons. The zero-order valence-corrected chi connectivity index (χ0v) is 15.7. The third-order valence-corrected chi connectivity index (χ3v) is 4.26. The lowest BCUT2D eigenvalue weighted by molar-refractivity contribution is 0.0697. The first-order chi connectivity index (χ1) is 11.9. The van der Waals surface area contributed by atoms with Crippen molar-refractivity contribution in [2.75, 3.05) is 0 Å². The van der Waals surface area contributed by atoms with Crippen LogP contribution < -0.4 is 0 Å². The Labute approximate surface area is 159 Å². The van der Waals surface area contributed by atoms with E-state index in [2.05, 4.69) is 41.8 Å². The van der Waals surface area contributed by atoms with Crippen molar-refractivity contribution < 1.29 is 19.4 Å². The van der Waals surface area contributed by atoms with Gasteiger partial charge in [0.1, 0.15) is 0 Å². The van der Waals surface area contributed by atoms with Gasteiger partial charge in [0.2, 0.25) is 5.89 Å². The van der Waals surface area contributed by atoms with Crippen molar-refractivity contribution in [3.05, 3.63) is 62.7 Å². The Morgan fingerprint density at radius 1 is 1.12 bits per heavy atom. The summed E-state index contributed by atoms with van der Waals surface area (Å²) < 4.78 is 6.78. The third-order valence-electron chi connectivity index (χ3n) is 3.24. The van der Waals surface area contributed by atoms with Crippen molar-refractivity contribution in [1.29, 1.82) is 0 Å². The molecular weight excluding hydrogens is 456 g/mol. The van der Waals surface area contributed by atoms with E-state index in [9.17, 15) is 15.0 Å². The lowest BCUT2D eigenvalue weighted by atomic mass is 10.2. The van der Waals surface area contributed by atoms with Crippen LogP contribution in [0.4, 0.5) is 5.69 Å². The van der Waals surface area contributed by atoms with Gasteiger partial charge in [-0.2, -0.15) is 0 Å². The van der Waals surface area contributed by atoms with Crippen LogP contribution in [-0.2, 0) is 0 Å². The fourth-order valence-electron chi connectivity index (χ4n) is 2.05. The van der Waals surface area contributed by atoms with Gasteiger partial charge in [-0.05, 0) is 42.5 Å². The zero-order chi connectivity index (χ0) is 18.0. The Morgan fingerprint density at radius 3 is 2.48 bits per heavy atom. The quantitative estimate of drug-likeness (QED) is 0.527. The van der Waals surface area contributed by atoms with Crippen LogP contribution in [0.1, 0.15) is 16.1 Å². The van der Waals surface area contributed by atoms with Gasteiger partial charge >= 0.3 is 11.9 Å². The van der Waals surface area contributed by atoms with Crippen molar-refractivity contribution in [1.82, 2.24) is 4.98 Å². The highest BCUT2D eigenvalue weighted by Crippen LogP contribution is 2.28. The van der Waals surface area contributed by atoms with E-state index in [1.165, 1.54) is 12.3 Å². The number of carbonyl (C=O) groups is 1. The van der Waals surface area contributed by atoms with E-state index in [4.69, 9.17) is 4.42 Å². The molecule has 0 unspecified atom stereocenters. The number of oxazole rings is 1. The predicted octanol–water partition coefficient (Wildman–Crippen LogP) is 5.02. The molecule has 1 aromatic heterocycles. The summed E-state index contributed by atoms with van der Waals surface area (Å²) in [6, 6.07) is 11.9. The number of hydrogen-bond acceptors (Lipinski definition) is 5.